The molecule has 0 atom stereocenters. The standard InChI is InChI=1S/C25H17ClF3NO5/c26-19-10-23-22(34-13-35-23)9-16(19)11-30-20-6-5-17(7-15(20)8-21(30)24(31)32)33-12-14-3-1-2-4-18(14)25(27,28)29/h1-10H,11-13H2,(H,31,32). The molecule has 0 radical (unpaired) electrons. The second-order valence-corrected chi connectivity index (χ2v) is 8.29. The molecule has 4 aromatic rings. The van der Waals surface area contributed by atoms with Crippen LogP contribution in [0.3, 0.4) is 0 Å². The lowest BCUT2D eigenvalue weighted by atomic mass is 10.1. The summed E-state index contributed by atoms with van der Waals surface area (Å²) in [6.07, 6.45) is -4.49. The normalized spacial score (nSPS) is 12.8. The molecule has 180 valence electrons. The van der Waals surface area contributed by atoms with Crippen molar-refractivity contribution in [1.82, 2.24) is 4.57 Å². The molecule has 0 saturated heterocycles. The Morgan fingerprint density at radius 3 is 2.51 bits per heavy atom. The van der Waals surface area contributed by atoms with Crippen LogP contribution >= 0.6 is 11.6 Å². The number of carboxylic acid groups (broad SMARTS) is 1. The molecule has 1 aromatic heterocycles. The summed E-state index contributed by atoms with van der Waals surface area (Å²) in [5, 5.41) is 10.7. The van der Waals surface area contributed by atoms with Gasteiger partial charge in [0.2, 0.25) is 6.79 Å². The van der Waals surface area contributed by atoms with Crippen LogP contribution in [0.5, 0.6) is 17.2 Å². The van der Waals surface area contributed by atoms with E-state index in [1.54, 1.807) is 34.9 Å². The van der Waals surface area contributed by atoms with Gasteiger partial charge in [0.25, 0.3) is 0 Å². The number of hydrogen-bond acceptors (Lipinski definition) is 4. The first-order valence-electron chi connectivity index (χ1n) is 10.4. The minimum absolute atomic E-state index is 0.00124. The predicted octanol–water partition coefficient (Wildman–Crippen LogP) is 6.37. The number of rotatable bonds is 6. The predicted molar refractivity (Wildman–Crippen MR) is 121 cm³/mol. The highest BCUT2D eigenvalue weighted by molar-refractivity contribution is 6.31. The van der Waals surface area contributed by atoms with E-state index in [9.17, 15) is 23.1 Å². The van der Waals surface area contributed by atoms with Gasteiger partial charge in [0.05, 0.1) is 12.1 Å². The van der Waals surface area contributed by atoms with Gasteiger partial charge < -0.3 is 23.9 Å². The van der Waals surface area contributed by atoms with Crippen molar-refractivity contribution in [3.63, 3.8) is 0 Å². The van der Waals surface area contributed by atoms with Gasteiger partial charge in [-0.25, -0.2) is 4.79 Å². The molecule has 5 rings (SSSR count). The van der Waals surface area contributed by atoms with Crippen LogP contribution < -0.4 is 14.2 Å². The largest absolute Gasteiger partial charge is 0.489 e. The van der Waals surface area contributed by atoms with Gasteiger partial charge in [-0.15, -0.1) is 0 Å². The Morgan fingerprint density at radius 1 is 1.03 bits per heavy atom. The molecule has 0 fully saturated rings. The van der Waals surface area contributed by atoms with Crippen LogP contribution in [-0.4, -0.2) is 22.4 Å². The third-order valence-corrected chi connectivity index (χ3v) is 6.03. The van der Waals surface area contributed by atoms with Crippen molar-refractivity contribution in [1.29, 1.82) is 0 Å². The molecule has 6 nitrogen and oxygen atoms in total. The van der Waals surface area contributed by atoms with Gasteiger partial charge in [0.1, 0.15) is 18.1 Å². The van der Waals surface area contributed by atoms with Gasteiger partial charge >= 0.3 is 12.1 Å². The number of fused-ring (bicyclic) bond motifs is 2. The van der Waals surface area contributed by atoms with Crippen molar-refractivity contribution in [3.05, 3.63) is 88.1 Å². The van der Waals surface area contributed by atoms with Crippen molar-refractivity contribution < 1.29 is 37.3 Å². The lowest BCUT2D eigenvalue weighted by Gasteiger charge is -2.14. The van der Waals surface area contributed by atoms with Gasteiger partial charge in [0, 0.05) is 27.6 Å². The van der Waals surface area contributed by atoms with E-state index in [0.717, 1.165) is 6.07 Å². The first-order valence-corrected chi connectivity index (χ1v) is 10.8. The fraction of sp³-hybridized carbons (Fsp3) is 0.160. The molecule has 10 heteroatoms. The summed E-state index contributed by atoms with van der Waals surface area (Å²) in [6.45, 7) is -0.0571. The minimum atomic E-state index is -4.49. The smallest absolute Gasteiger partial charge is 0.416 e. The Hall–Kier alpha value is -3.85. The quantitative estimate of drug-likeness (QED) is 0.331. The summed E-state index contributed by atoms with van der Waals surface area (Å²) < 4.78 is 57.7. The molecule has 0 amide bonds. The maximum Gasteiger partial charge on any atom is 0.416 e. The Morgan fingerprint density at radius 2 is 1.77 bits per heavy atom. The summed E-state index contributed by atoms with van der Waals surface area (Å²) in [5.41, 5.74) is 0.495. The number of ether oxygens (including phenoxy) is 3. The van der Waals surface area contributed by atoms with Crippen LogP contribution in [0.2, 0.25) is 5.02 Å². The van der Waals surface area contributed by atoms with Gasteiger partial charge in [-0.1, -0.05) is 29.8 Å². The number of aromatic nitrogens is 1. The van der Waals surface area contributed by atoms with E-state index >= 15 is 0 Å². The van der Waals surface area contributed by atoms with Gasteiger partial charge in [-0.3, -0.25) is 0 Å². The van der Waals surface area contributed by atoms with E-state index in [-0.39, 0.29) is 31.2 Å². The zero-order valence-electron chi connectivity index (χ0n) is 17.9. The Kier molecular flexibility index (Phi) is 5.72. The summed E-state index contributed by atoms with van der Waals surface area (Å²) in [5.74, 6) is 0.209. The third-order valence-electron chi connectivity index (χ3n) is 5.68. The number of alkyl halides is 3. The highest BCUT2D eigenvalue weighted by Crippen LogP contribution is 2.38. The number of nitrogens with zero attached hydrogens (tertiary/aromatic N) is 1. The number of benzene rings is 3. The van der Waals surface area contributed by atoms with Crippen LogP contribution in [0.25, 0.3) is 10.9 Å². The van der Waals surface area contributed by atoms with Crippen molar-refractivity contribution in [2.75, 3.05) is 6.79 Å². The molecule has 1 N–H and O–H groups in total. The molecular weight excluding hydrogens is 487 g/mol. The average Bonchev–Trinajstić information content (AvgIpc) is 3.41. The van der Waals surface area contributed by atoms with E-state index in [1.807, 2.05) is 0 Å². The Bertz CT molecular complexity index is 1450. The number of carboxylic acids is 1. The topological polar surface area (TPSA) is 69.9 Å². The van der Waals surface area contributed by atoms with E-state index in [2.05, 4.69) is 0 Å². The summed E-state index contributed by atoms with van der Waals surface area (Å²) in [4.78, 5) is 11.9. The molecule has 0 unspecified atom stereocenters. The molecule has 3 aromatic carbocycles. The van der Waals surface area contributed by atoms with E-state index in [1.165, 1.54) is 24.3 Å². The van der Waals surface area contributed by atoms with Crippen LogP contribution in [0.1, 0.15) is 27.2 Å². The second kappa shape index (κ2) is 8.74. The maximum absolute atomic E-state index is 13.2. The molecule has 0 spiro atoms. The first-order chi connectivity index (χ1) is 16.7. The summed E-state index contributed by atoms with van der Waals surface area (Å²) in [6, 6.07) is 14.8. The minimum Gasteiger partial charge on any atom is -0.489 e. The van der Waals surface area contributed by atoms with E-state index < -0.39 is 17.7 Å². The molecule has 0 bridgehead atoms. The van der Waals surface area contributed by atoms with Crippen molar-refractivity contribution in [3.8, 4) is 17.2 Å². The zero-order chi connectivity index (χ0) is 24.7. The van der Waals surface area contributed by atoms with Crippen molar-refractivity contribution >= 4 is 28.5 Å². The summed E-state index contributed by atoms with van der Waals surface area (Å²) in [7, 11) is 0. The maximum atomic E-state index is 13.2. The monoisotopic (exact) mass is 503 g/mol. The average molecular weight is 504 g/mol. The fourth-order valence-corrected chi connectivity index (χ4v) is 4.23. The van der Waals surface area contributed by atoms with Crippen LogP contribution in [-0.2, 0) is 19.3 Å². The van der Waals surface area contributed by atoms with E-state index in [0.29, 0.717) is 38.7 Å². The van der Waals surface area contributed by atoms with Crippen molar-refractivity contribution in [2.24, 2.45) is 0 Å². The number of halogens is 4. The highest BCUT2D eigenvalue weighted by atomic mass is 35.5. The Balaban J connectivity index is 1.45. The summed E-state index contributed by atoms with van der Waals surface area (Å²) >= 11 is 6.38. The zero-order valence-corrected chi connectivity index (χ0v) is 18.7. The Labute approximate surface area is 202 Å². The van der Waals surface area contributed by atoms with Crippen molar-refractivity contribution in [2.45, 2.75) is 19.3 Å². The molecule has 2 heterocycles. The molecule has 35 heavy (non-hydrogen) atoms. The lowest BCUT2D eigenvalue weighted by Crippen LogP contribution is -2.10. The van der Waals surface area contributed by atoms with Gasteiger partial charge in [0.15, 0.2) is 11.5 Å². The van der Waals surface area contributed by atoms with Crippen LogP contribution in [0.4, 0.5) is 13.2 Å². The second-order valence-electron chi connectivity index (χ2n) is 7.88. The SMILES string of the molecule is O=C(O)c1cc2cc(OCc3ccccc3C(F)(F)F)ccc2n1Cc1cc2c(cc1Cl)OCO2. The molecule has 0 saturated carbocycles. The third kappa shape index (κ3) is 4.46. The molecule has 1 aliphatic heterocycles. The van der Waals surface area contributed by atoms with Gasteiger partial charge in [-0.2, -0.15) is 13.2 Å². The number of hydrogen-bond donors (Lipinski definition) is 1. The molecule has 0 aliphatic carbocycles. The van der Waals surface area contributed by atoms with Gasteiger partial charge in [-0.05, 0) is 42.0 Å². The number of aromatic carboxylic acids is 1. The fourth-order valence-electron chi connectivity index (χ4n) is 4.02. The highest BCUT2D eigenvalue weighted by Gasteiger charge is 2.33. The van der Waals surface area contributed by atoms with Crippen LogP contribution in [0, 0.1) is 0 Å². The van der Waals surface area contributed by atoms with Crippen LogP contribution in [0.15, 0.2) is 60.7 Å². The lowest BCUT2D eigenvalue weighted by molar-refractivity contribution is -0.138. The number of carbonyl (C=O) groups is 1. The molecular formula is C25H17ClF3NO5. The van der Waals surface area contributed by atoms with E-state index in [4.69, 9.17) is 25.8 Å². The first kappa shape index (κ1) is 22.9. The molecule has 1 aliphatic rings.